The number of methoxy groups -OCH3 is 1. The molecule has 2 aromatic rings. The minimum absolute atomic E-state index is 0.00627. The van der Waals surface area contributed by atoms with Gasteiger partial charge in [0, 0.05) is 13.0 Å². The summed E-state index contributed by atoms with van der Waals surface area (Å²) in [6.45, 7) is 0.247. The van der Waals surface area contributed by atoms with E-state index in [0.717, 1.165) is 11.8 Å². The van der Waals surface area contributed by atoms with Crippen molar-refractivity contribution in [1.29, 1.82) is 0 Å². The second-order valence-electron chi connectivity index (χ2n) is 4.38. The van der Waals surface area contributed by atoms with Crippen molar-refractivity contribution in [2.75, 3.05) is 13.7 Å². The van der Waals surface area contributed by atoms with Gasteiger partial charge in [-0.05, 0) is 36.8 Å². The predicted molar refractivity (Wildman–Crippen MR) is 75.2 cm³/mol. The summed E-state index contributed by atoms with van der Waals surface area (Å²) in [4.78, 5) is -0.126. The zero-order valence-corrected chi connectivity index (χ0v) is 12.3. The third-order valence-electron chi connectivity index (χ3n) is 2.91. The molecule has 114 valence electrons. The van der Waals surface area contributed by atoms with Crippen LogP contribution in [0.4, 0.5) is 4.39 Å². The highest BCUT2D eigenvalue weighted by Gasteiger charge is 2.16. The molecule has 0 radical (unpaired) electrons. The number of hydrogen-bond acceptors (Lipinski definition) is 4. The zero-order chi connectivity index (χ0) is 15.3. The summed E-state index contributed by atoms with van der Waals surface area (Å²) in [6, 6.07) is 7.13. The summed E-state index contributed by atoms with van der Waals surface area (Å²) in [5.41, 5.74) is 0. The van der Waals surface area contributed by atoms with E-state index in [-0.39, 0.29) is 17.2 Å². The highest BCUT2D eigenvalue weighted by Crippen LogP contribution is 2.20. The van der Waals surface area contributed by atoms with Gasteiger partial charge in [0.05, 0.1) is 18.3 Å². The number of sulfonamides is 1. The number of rotatable bonds is 7. The van der Waals surface area contributed by atoms with Crippen LogP contribution >= 0.6 is 0 Å². The van der Waals surface area contributed by atoms with Crippen molar-refractivity contribution in [1.82, 2.24) is 4.72 Å². The summed E-state index contributed by atoms with van der Waals surface area (Å²) in [6.07, 6.45) is 2.79. The first-order valence-electron chi connectivity index (χ1n) is 6.38. The molecule has 21 heavy (non-hydrogen) atoms. The first-order chi connectivity index (χ1) is 10.0. The molecule has 0 amide bonds. The second kappa shape index (κ2) is 6.73. The molecule has 0 aliphatic heterocycles. The Labute approximate surface area is 122 Å². The van der Waals surface area contributed by atoms with Gasteiger partial charge in [0.1, 0.15) is 5.76 Å². The van der Waals surface area contributed by atoms with Crippen molar-refractivity contribution in [2.24, 2.45) is 0 Å². The lowest BCUT2D eigenvalue weighted by Gasteiger charge is -2.08. The molecule has 0 atom stereocenters. The molecule has 0 bridgehead atoms. The molecule has 7 heteroatoms. The largest absolute Gasteiger partial charge is 0.494 e. The van der Waals surface area contributed by atoms with Crippen LogP contribution in [0, 0.1) is 5.82 Å². The molecule has 0 saturated heterocycles. The Morgan fingerprint density at radius 3 is 2.76 bits per heavy atom. The van der Waals surface area contributed by atoms with Crippen molar-refractivity contribution in [2.45, 2.75) is 17.7 Å². The molecule has 0 saturated carbocycles. The summed E-state index contributed by atoms with van der Waals surface area (Å²) in [5.74, 6) is 0.0902. The molecule has 5 nitrogen and oxygen atoms in total. The maximum Gasteiger partial charge on any atom is 0.240 e. The van der Waals surface area contributed by atoms with Gasteiger partial charge in [0.15, 0.2) is 11.6 Å². The summed E-state index contributed by atoms with van der Waals surface area (Å²) < 4.78 is 49.9. The summed E-state index contributed by atoms with van der Waals surface area (Å²) in [5, 5.41) is 0. The van der Waals surface area contributed by atoms with E-state index in [1.807, 2.05) is 6.07 Å². The quantitative estimate of drug-likeness (QED) is 0.797. The van der Waals surface area contributed by atoms with Crippen LogP contribution < -0.4 is 9.46 Å². The van der Waals surface area contributed by atoms with Crippen LogP contribution in [0.3, 0.4) is 0 Å². The van der Waals surface area contributed by atoms with E-state index in [1.165, 1.54) is 19.2 Å². The van der Waals surface area contributed by atoms with Gasteiger partial charge in [-0.2, -0.15) is 0 Å². The Morgan fingerprint density at radius 2 is 2.14 bits per heavy atom. The van der Waals surface area contributed by atoms with Gasteiger partial charge in [-0.3, -0.25) is 0 Å². The number of halogens is 1. The van der Waals surface area contributed by atoms with Crippen molar-refractivity contribution < 1.29 is 22.0 Å². The van der Waals surface area contributed by atoms with Crippen molar-refractivity contribution in [3.63, 3.8) is 0 Å². The standard InChI is InChI=1S/C14H16FNO4S/c1-19-14-7-6-12(10-13(14)15)21(17,18)16-8-2-4-11-5-3-9-20-11/h3,5-7,9-10,16H,2,4,8H2,1H3. The molecule has 1 heterocycles. The van der Waals surface area contributed by atoms with Crippen LogP contribution in [-0.2, 0) is 16.4 Å². The van der Waals surface area contributed by atoms with Gasteiger partial charge < -0.3 is 9.15 Å². The van der Waals surface area contributed by atoms with Gasteiger partial charge in [-0.25, -0.2) is 17.5 Å². The van der Waals surface area contributed by atoms with Gasteiger partial charge in [-0.1, -0.05) is 0 Å². The minimum Gasteiger partial charge on any atom is -0.494 e. The fraction of sp³-hybridized carbons (Fsp3) is 0.286. The minimum atomic E-state index is -3.72. The van der Waals surface area contributed by atoms with Gasteiger partial charge in [0.25, 0.3) is 0 Å². The zero-order valence-electron chi connectivity index (χ0n) is 11.5. The molecule has 0 aliphatic carbocycles. The molecule has 0 spiro atoms. The van der Waals surface area contributed by atoms with Crippen LogP contribution in [0.15, 0.2) is 45.9 Å². The fourth-order valence-corrected chi connectivity index (χ4v) is 2.91. The first kappa shape index (κ1) is 15.5. The van der Waals surface area contributed by atoms with E-state index in [9.17, 15) is 12.8 Å². The highest BCUT2D eigenvalue weighted by molar-refractivity contribution is 7.89. The van der Waals surface area contributed by atoms with E-state index < -0.39 is 15.8 Å². The van der Waals surface area contributed by atoms with Gasteiger partial charge >= 0.3 is 0 Å². The van der Waals surface area contributed by atoms with Crippen molar-refractivity contribution in [3.8, 4) is 5.75 Å². The topological polar surface area (TPSA) is 68.5 Å². The van der Waals surface area contributed by atoms with E-state index in [0.29, 0.717) is 12.8 Å². The Hall–Kier alpha value is -1.86. The Balaban J connectivity index is 1.93. The smallest absolute Gasteiger partial charge is 0.240 e. The lowest BCUT2D eigenvalue weighted by atomic mass is 10.2. The van der Waals surface area contributed by atoms with E-state index in [4.69, 9.17) is 9.15 Å². The lowest BCUT2D eigenvalue weighted by molar-refractivity contribution is 0.385. The van der Waals surface area contributed by atoms with Crippen molar-refractivity contribution in [3.05, 3.63) is 48.2 Å². The van der Waals surface area contributed by atoms with Crippen molar-refractivity contribution >= 4 is 10.0 Å². The number of aryl methyl sites for hydroxylation is 1. The first-order valence-corrected chi connectivity index (χ1v) is 7.87. The Morgan fingerprint density at radius 1 is 1.33 bits per heavy atom. The number of nitrogens with one attached hydrogen (secondary N) is 1. The van der Waals surface area contributed by atoms with Crippen LogP contribution in [0.2, 0.25) is 0 Å². The van der Waals surface area contributed by atoms with E-state index >= 15 is 0 Å². The summed E-state index contributed by atoms with van der Waals surface area (Å²) >= 11 is 0. The molecule has 0 aliphatic rings. The number of hydrogen-bond donors (Lipinski definition) is 1. The highest BCUT2D eigenvalue weighted by atomic mass is 32.2. The van der Waals surface area contributed by atoms with E-state index in [1.54, 1.807) is 12.3 Å². The van der Waals surface area contributed by atoms with Crippen LogP contribution in [-0.4, -0.2) is 22.1 Å². The molecule has 0 fully saturated rings. The predicted octanol–water partition coefficient (Wildman–Crippen LogP) is 2.34. The maximum atomic E-state index is 13.5. The molecule has 0 unspecified atom stereocenters. The van der Waals surface area contributed by atoms with Crippen LogP contribution in [0.25, 0.3) is 0 Å². The average Bonchev–Trinajstić information content (AvgIpc) is 2.97. The molecule has 1 N–H and O–H groups in total. The molecule has 1 aromatic carbocycles. The second-order valence-corrected chi connectivity index (χ2v) is 6.14. The molecule has 2 rings (SSSR count). The number of ether oxygens (including phenoxy) is 1. The number of benzene rings is 1. The lowest BCUT2D eigenvalue weighted by Crippen LogP contribution is -2.25. The molecule has 1 aromatic heterocycles. The van der Waals surface area contributed by atoms with Gasteiger partial charge in [0.2, 0.25) is 10.0 Å². The molecular weight excluding hydrogens is 297 g/mol. The third-order valence-corrected chi connectivity index (χ3v) is 4.36. The monoisotopic (exact) mass is 313 g/mol. The normalized spacial score (nSPS) is 11.5. The average molecular weight is 313 g/mol. The Kier molecular flexibility index (Phi) is 4.98. The van der Waals surface area contributed by atoms with Crippen LogP contribution in [0.1, 0.15) is 12.2 Å². The summed E-state index contributed by atoms with van der Waals surface area (Å²) in [7, 11) is -2.41. The SMILES string of the molecule is COc1ccc(S(=O)(=O)NCCCc2ccco2)cc1F. The van der Waals surface area contributed by atoms with Crippen LogP contribution in [0.5, 0.6) is 5.75 Å². The third kappa shape index (κ3) is 4.05. The maximum absolute atomic E-state index is 13.5. The number of furan rings is 1. The van der Waals surface area contributed by atoms with Gasteiger partial charge in [-0.15, -0.1) is 0 Å². The fourth-order valence-electron chi connectivity index (χ4n) is 1.82. The Bertz CT molecular complexity index is 683. The molecular formula is C14H16FNO4S. The van der Waals surface area contributed by atoms with E-state index in [2.05, 4.69) is 4.72 Å².